The maximum atomic E-state index is 13.1. The lowest BCUT2D eigenvalue weighted by Crippen LogP contribution is -2.49. The zero-order valence-electron chi connectivity index (χ0n) is 21.6. The summed E-state index contributed by atoms with van der Waals surface area (Å²) >= 11 is 0. The van der Waals surface area contributed by atoms with E-state index in [1.807, 2.05) is 32.0 Å². The first-order valence-electron chi connectivity index (χ1n) is 12.8. The van der Waals surface area contributed by atoms with Crippen LogP contribution in [0, 0.1) is 11.7 Å². The predicted molar refractivity (Wildman–Crippen MR) is 141 cm³/mol. The summed E-state index contributed by atoms with van der Waals surface area (Å²) in [6.07, 6.45) is 0.507. The molecule has 0 saturated carbocycles. The molecule has 11 heteroatoms. The molecule has 1 aliphatic rings. The SMILES string of the molecule is CC(C)n1c(=O)n(C(=O)NCC2CCN(CC(COc3ccc(F)cc3)NC(=O)O)CC2)c2ccccc21. The van der Waals surface area contributed by atoms with E-state index >= 15 is 0 Å². The number of likely N-dealkylation sites (tertiary alicyclic amines) is 1. The van der Waals surface area contributed by atoms with Gasteiger partial charge in [-0.05, 0) is 82.1 Å². The number of carbonyl (C=O) groups is 2. The van der Waals surface area contributed by atoms with E-state index in [0.717, 1.165) is 31.4 Å². The van der Waals surface area contributed by atoms with Gasteiger partial charge in [-0.3, -0.25) is 4.57 Å². The summed E-state index contributed by atoms with van der Waals surface area (Å²) in [5.41, 5.74) is 0.954. The summed E-state index contributed by atoms with van der Waals surface area (Å²) in [4.78, 5) is 39.4. The van der Waals surface area contributed by atoms with Crippen molar-refractivity contribution in [3.8, 4) is 5.75 Å². The Morgan fingerprint density at radius 2 is 1.74 bits per heavy atom. The van der Waals surface area contributed by atoms with E-state index < -0.39 is 18.2 Å². The van der Waals surface area contributed by atoms with Gasteiger partial charge in [0, 0.05) is 19.1 Å². The van der Waals surface area contributed by atoms with Crippen LogP contribution in [-0.2, 0) is 0 Å². The van der Waals surface area contributed by atoms with Crippen molar-refractivity contribution in [2.75, 3.05) is 32.8 Å². The number of imidazole rings is 1. The summed E-state index contributed by atoms with van der Waals surface area (Å²) in [5.74, 6) is 0.338. The highest BCUT2D eigenvalue weighted by Crippen LogP contribution is 2.19. The molecule has 1 aliphatic heterocycles. The van der Waals surface area contributed by atoms with Crippen molar-refractivity contribution < 1.29 is 23.8 Å². The topological polar surface area (TPSA) is 118 Å². The third kappa shape index (κ3) is 6.52. The monoisotopic (exact) mass is 527 g/mol. The number of benzene rings is 2. The predicted octanol–water partition coefficient (Wildman–Crippen LogP) is 3.51. The van der Waals surface area contributed by atoms with E-state index in [1.165, 1.54) is 28.8 Å². The highest BCUT2D eigenvalue weighted by Gasteiger charge is 2.25. The van der Waals surface area contributed by atoms with Crippen LogP contribution in [0.15, 0.2) is 53.3 Å². The fourth-order valence-electron chi connectivity index (χ4n) is 4.90. The molecule has 10 nitrogen and oxygen atoms in total. The minimum Gasteiger partial charge on any atom is -0.491 e. The van der Waals surface area contributed by atoms with E-state index in [0.29, 0.717) is 24.4 Å². The first-order chi connectivity index (χ1) is 18.2. The molecule has 0 radical (unpaired) electrons. The van der Waals surface area contributed by atoms with Crippen molar-refractivity contribution in [1.82, 2.24) is 24.7 Å². The Hall–Kier alpha value is -3.86. The van der Waals surface area contributed by atoms with Crippen LogP contribution in [0.25, 0.3) is 11.0 Å². The van der Waals surface area contributed by atoms with Crippen LogP contribution in [0.3, 0.4) is 0 Å². The Morgan fingerprint density at radius 1 is 1.08 bits per heavy atom. The third-order valence-corrected chi connectivity index (χ3v) is 6.82. The molecule has 3 aromatic rings. The smallest absolute Gasteiger partial charge is 0.405 e. The molecule has 1 aromatic heterocycles. The molecule has 204 valence electrons. The molecule has 0 aliphatic carbocycles. The van der Waals surface area contributed by atoms with Gasteiger partial charge in [-0.15, -0.1) is 0 Å². The number of rotatable bonds is 9. The number of carboxylic acid groups (broad SMARTS) is 1. The van der Waals surface area contributed by atoms with Crippen molar-refractivity contribution in [2.24, 2.45) is 5.92 Å². The number of aromatic nitrogens is 2. The first-order valence-corrected chi connectivity index (χ1v) is 12.8. The molecular formula is C27H34FN5O5. The van der Waals surface area contributed by atoms with E-state index in [-0.39, 0.29) is 30.1 Å². The van der Waals surface area contributed by atoms with Crippen LogP contribution in [0.4, 0.5) is 14.0 Å². The van der Waals surface area contributed by atoms with E-state index in [1.54, 1.807) is 10.6 Å². The lowest BCUT2D eigenvalue weighted by molar-refractivity contribution is 0.138. The second-order valence-electron chi connectivity index (χ2n) is 9.91. The standard InChI is InChI=1S/C27H34FN5O5/c1-18(2)32-23-5-3-4-6-24(23)33(27(32)37)25(34)29-15-19-11-13-31(14-12-19)16-21(30-26(35)36)17-38-22-9-7-20(28)8-10-22/h3-10,18-19,21,30H,11-17H2,1-2H3,(H,29,34)(H,35,36). The highest BCUT2D eigenvalue weighted by atomic mass is 19.1. The van der Waals surface area contributed by atoms with E-state index in [9.17, 15) is 23.9 Å². The van der Waals surface area contributed by atoms with Gasteiger partial charge in [-0.2, -0.15) is 0 Å². The number of nitrogens with one attached hydrogen (secondary N) is 2. The number of fused-ring (bicyclic) bond motifs is 1. The molecule has 1 saturated heterocycles. The summed E-state index contributed by atoms with van der Waals surface area (Å²) < 4.78 is 21.6. The molecule has 0 spiro atoms. The Morgan fingerprint density at radius 3 is 2.37 bits per heavy atom. The fraction of sp³-hybridized carbons (Fsp3) is 0.444. The molecule has 1 atom stereocenters. The molecule has 1 fully saturated rings. The molecule has 2 aromatic carbocycles. The minimum absolute atomic E-state index is 0.0775. The summed E-state index contributed by atoms with van der Waals surface area (Å²) in [5, 5.41) is 14.6. The van der Waals surface area contributed by atoms with Crippen LogP contribution >= 0.6 is 0 Å². The Kier molecular flexibility index (Phi) is 8.67. The quantitative estimate of drug-likeness (QED) is 0.392. The van der Waals surface area contributed by atoms with Gasteiger partial charge >= 0.3 is 17.8 Å². The van der Waals surface area contributed by atoms with E-state index in [4.69, 9.17) is 4.74 Å². The van der Waals surface area contributed by atoms with Gasteiger partial charge in [0.25, 0.3) is 0 Å². The molecule has 0 bridgehead atoms. The molecular weight excluding hydrogens is 493 g/mol. The average Bonchev–Trinajstić information content (AvgIpc) is 3.19. The lowest BCUT2D eigenvalue weighted by atomic mass is 9.96. The number of hydrogen-bond donors (Lipinski definition) is 3. The number of ether oxygens (including phenoxy) is 1. The largest absolute Gasteiger partial charge is 0.491 e. The van der Waals surface area contributed by atoms with Gasteiger partial charge in [-0.1, -0.05) is 12.1 Å². The Labute approximate surface area is 220 Å². The molecule has 2 heterocycles. The van der Waals surface area contributed by atoms with E-state index in [2.05, 4.69) is 15.5 Å². The number of amides is 2. The normalized spacial score (nSPS) is 15.5. The van der Waals surface area contributed by atoms with Crippen molar-refractivity contribution in [3.63, 3.8) is 0 Å². The molecule has 38 heavy (non-hydrogen) atoms. The van der Waals surface area contributed by atoms with Crippen molar-refractivity contribution in [2.45, 2.75) is 38.8 Å². The van der Waals surface area contributed by atoms with Crippen LogP contribution in [0.5, 0.6) is 5.75 Å². The van der Waals surface area contributed by atoms with Gasteiger partial charge in [0.15, 0.2) is 0 Å². The van der Waals surface area contributed by atoms with Crippen LogP contribution < -0.4 is 21.1 Å². The Balaban J connectivity index is 1.29. The van der Waals surface area contributed by atoms with Crippen molar-refractivity contribution in [3.05, 3.63) is 64.8 Å². The molecule has 3 N–H and O–H groups in total. The van der Waals surface area contributed by atoms with Gasteiger partial charge in [-0.25, -0.2) is 23.3 Å². The maximum Gasteiger partial charge on any atom is 0.405 e. The number of piperidine rings is 1. The number of carbonyl (C=O) groups excluding carboxylic acids is 1. The average molecular weight is 528 g/mol. The molecule has 2 amide bonds. The number of halogens is 1. The molecule has 4 rings (SSSR count). The van der Waals surface area contributed by atoms with Crippen LogP contribution in [-0.4, -0.2) is 70.1 Å². The van der Waals surface area contributed by atoms with Gasteiger partial charge in [0.2, 0.25) is 0 Å². The highest BCUT2D eigenvalue weighted by molar-refractivity contribution is 5.89. The minimum atomic E-state index is -1.13. The van der Waals surface area contributed by atoms with Gasteiger partial charge < -0.3 is 25.4 Å². The maximum absolute atomic E-state index is 13.1. The summed E-state index contributed by atoms with van der Waals surface area (Å²) in [7, 11) is 0. The molecule has 1 unspecified atom stereocenters. The number of nitrogens with zero attached hydrogens (tertiary/aromatic N) is 3. The summed E-state index contributed by atoms with van der Waals surface area (Å²) in [6, 6.07) is 11.9. The first kappa shape index (κ1) is 27.2. The van der Waals surface area contributed by atoms with Gasteiger partial charge in [0.05, 0.1) is 17.1 Å². The van der Waals surface area contributed by atoms with Crippen LogP contribution in [0.2, 0.25) is 0 Å². The second kappa shape index (κ2) is 12.1. The fourth-order valence-corrected chi connectivity index (χ4v) is 4.90. The van der Waals surface area contributed by atoms with Crippen molar-refractivity contribution in [1.29, 1.82) is 0 Å². The number of hydrogen-bond acceptors (Lipinski definition) is 5. The number of para-hydroxylation sites is 2. The lowest BCUT2D eigenvalue weighted by Gasteiger charge is -2.34. The summed E-state index contributed by atoms with van der Waals surface area (Å²) in [6.45, 7) is 6.34. The van der Waals surface area contributed by atoms with Crippen LogP contribution in [0.1, 0.15) is 32.7 Å². The zero-order chi connectivity index (χ0) is 27.2. The third-order valence-electron chi connectivity index (χ3n) is 6.82. The Bertz CT molecular complexity index is 1310. The van der Waals surface area contributed by atoms with Gasteiger partial charge in [0.1, 0.15) is 18.2 Å². The second-order valence-corrected chi connectivity index (χ2v) is 9.91. The zero-order valence-corrected chi connectivity index (χ0v) is 21.6. The van der Waals surface area contributed by atoms with Crippen molar-refractivity contribution >= 4 is 23.2 Å².